The lowest BCUT2D eigenvalue weighted by Crippen LogP contribution is -2.34. The first-order valence-electron chi connectivity index (χ1n) is 7.66. The molecule has 1 amide bonds. The van der Waals surface area contributed by atoms with Gasteiger partial charge in [0.25, 0.3) is 0 Å². The number of anilines is 1. The van der Waals surface area contributed by atoms with E-state index in [2.05, 4.69) is 10.3 Å². The van der Waals surface area contributed by atoms with E-state index in [0.717, 1.165) is 14.9 Å². The first-order chi connectivity index (χ1) is 12.9. The lowest BCUT2D eigenvalue weighted by Gasteiger charge is -2.16. The van der Waals surface area contributed by atoms with Gasteiger partial charge in [0, 0.05) is 12.4 Å². The second kappa shape index (κ2) is 7.98. The van der Waals surface area contributed by atoms with E-state index in [4.69, 9.17) is 5.26 Å². The van der Waals surface area contributed by atoms with E-state index in [1.807, 2.05) is 29.0 Å². The molecule has 7 nitrogen and oxygen atoms in total. The number of carbonyl (C=O) groups excluding carboxylic acids is 1. The van der Waals surface area contributed by atoms with Crippen LogP contribution in [0.4, 0.5) is 5.13 Å². The van der Waals surface area contributed by atoms with Gasteiger partial charge >= 0.3 is 0 Å². The molecule has 0 fully saturated rings. The Labute approximate surface area is 164 Å². The second-order valence-electron chi connectivity index (χ2n) is 5.46. The summed E-state index contributed by atoms with van der Waals surface area (Å²) in [6, 6.07) is 11.3. The van der Waals surface area contributed by atoms with Crippen LogP contribution in [0.5, 0.6) is 0 Å². The van der Waals surface area contributed by atoms with Gasteiger partial charge in [-0.2, -0.15) is 9.57 Å². The van der Waals surface area contributed by atoms with Crippen LogP contribution in [0.25, 0.3) is 10.6 Å². The highest BCUT2D eigenvalue weighted by Crippen LogP contribution is 2.28. The summed E-state index contributed by atoms with van der Waals surface area (Å²) in [7, 11) is -2.51. The molecule has 0 unspecified atom stereocenters. The first kappa shape index (κ1) is 19.2. The number of hydrogen-bond donors (Lipinski definition) is 1. The molecule has 10 heteroatoms. The van der Waals surface area contributed by atoms with Crippen LogP contribution < -0.4 is 5.32 Å². The predicted molar refractivity (Wildman–Crippen MR) is 105 cm³/mol. The number of nitrogens with one attached hydrogen (secondary N) is 1. The molecule has 27 heavy (non-hydrogen) atoms. The summed E-state index contributed by atoms with van der Waals surface area (Å²) in [5, 5.41) is 15.6. The highest BCUT2D eigenvalue weighted by molar-refractivity contribution is 7.89. The molecular formula is C17H14N4O3S3. The maximum absolute atomic E-state index is 12.5. The molecule has 0 radical (unpaired) electrons. The fourth-order valence-electron chi connectivity index (χ4n) is 2.20. The molecule has 0 aliphatic heterocycles. The number of likely N-dealkylation sites (N-methyl/N-ethyl adjacent to an activating group) is 1. The van der Waals surface area contributed by atoms with Gasteiger partial charge in [0.1, 0.15) is 0 Å². The van der Waals surface area contributed by atoms with E-state index in [9.17, 15) is 13.2 Å². The van der Waals surface area contributed by atoms with Gasteiger partial charge in [-0.25, -0.2) is 13.4 Å². The second-order valence-corrected chi connectivity index (χ2v) is 9.31. The molecule has 0 spiro atoms. The number of amides is 1. The van der Waals surface area contributed by atoms with Crippen LogP contribution in [0.15, 0.2) is 52.1 Å². The average Bonchev–Trinajstić information content (AvgIpc) is 3.33. The van der Waals surface area contributed by atoms with Crippen LogP contribution in [0.3, 0.4) is 0 Å². The first-order valence-corrected chi connectivity index (χ1v) is 10.9. The summed E-state index contributed by atoms with van der Waals surface area (Å²) in [5.41, 5.74) is 1.13. The van der Waals surface area contributed by atoms with Gasteiger partial charge in [0.2, 0.25) is 15.9 Å². The number of benzene rings is 1. The SMILES string of the molecule is CN(CC(=O)Nc1nc(-c2cccs2)cs1)S(=O)(=O)c1ccc(C#N)cc1. The molecule has 1 aromatic carbocycles. The summed E-state index contributed by atoms with van der Waals surface area (Å²) in [6.07, 6.45) is 0. The number of rotatable bonds is 6. The van der Waals surface area contributed by atoms with Crippen LogP contribution in [-0.4, -0.2) is 37.2 Å². The molecule has 3 aromatic rings. The van der Waals surface area contributed by atoms with Crippen LogP contribution >= 0.6 is 22.7 Å². The maximum atomic E-state index is 12.5. The summed E-state index contributed by atoms with van der Waals surface area (Å²) >= 11 is 2.82. The van der Waals surface area contributed by atoms with Crippen molar-refractivity contribution >= 4 is 43.7 Å². The van der Waals surface area contributed by atoms with Gasteiger partial charge in [0.15, 0.2) is 5.13 Å². The molecule has 1 N–H and O–H groups in total. The standard InChI is InChI=1S/C17H14N4O3S3/c1-21(27(23,24)13-6-4-12(9-18)5-7-13)10-16(22)20-17-19-14(11-26-17)15-3-2-8-25-15/h2-8,11H,10H2,1H3,(H,19,20,22). The Morgan fingerprint density at radius 2 is 2.00 bits per heavy atom. The number of aromatic nitrogens is 1. The van der Waals surface area contributed by atoms with E-state index in [0.29, 0.717) is 10.7 Å². The Morgan fingerprint density at radius 1 is 1.26 bits per heavy atom. The van der Waals surface area contributed by atoms with Crippen LogP contribution in [0, 0.1) is 11.3 Å². The van der Waals surface area contributed by atoms with E-state index in [1.165, 1.54) is 42.6 Å². The van der Waals surface area contributed by atoms with Crippen LogP contribution in [0.1, 0.15) is 5.56 Å². The number of nitriles is 1. The van der Waals surface area contributed by atoms with Gasteiger partial charge in [-0.05, 0) is 35.7 Å². The van der Waals surface area contributed by atoms with Crippen molar-refractivity contribution in [3.8, 4) is 16.6 Å². The minimum Gasteiger partial charge on any atom is -0.301 e. The fourth-order valence-corrected chi connectivity index (χ4v) is 4.81. The third-order valence-electron chi connectivity index (χ3n) is 3.58. The van der Waals surface area contributed by atoms with Gasteiger partial charge in [-0.1, -0.05) is 6.07 Å². The Kier molecular flexibility index (Phi) is 5.67. The van der Waals surface area contributed by atoms with Crippen molar-refractivity contribution in [2.45, 2.75) is 4.90 Å². The van der Waals surface area contributed by atoms with Gasteiger partial charge < -0.3 is 5.32 Å². The minimum atomic E-state index is -3.83. The molecule has 2 heterocycles. The van der Waals surface area contributed by atoms with Crippen LogP contribution in [0.2, 0.25) is 0 Å². The topological polar surface area (TPSA) is 103 Å². The summed E-state index contributed by atoms with van der Waals surface area (Å²) in [4.78, 5) is 17.6. The van der Waals surface area contributed by atoms with E-state index < -0.39 is 15.9 Å². The Morgan fingerprint density at radius 3 is 2.63 bits per heavy atom. The number of thiophene rings is 1. The third-order valence-corrected chi connectivity index (χ3v) is 7.05. The Bertz CT molecular complexity index is 1080. The Hall–Kier alpha value is -2.58. The fraction of sp³-hybridized carbons (Fsp3) is 0.118. The molecule has 138 valence electrons. The predicted octanol–water partition coefficient (Wildman–Crippen LogP) is 3.00. The molecule has 0 atom stereocenters. The molecule has 2 aromatic heterocycles. The van der Waals surface area contributed by atoms with Crippen molar-refractivity contribution in [3.63, 3.8) is 0 Å². The molecule has 0 aliphatic carbocycles. The van der Waals surface area contributed by atoms with Crippen molar-refractivity contribution in [2.24, 2.45) is 0 Å². The lowest BCUT2D eigenvalue weighted by molar-refractivity contribution is -0.116. The smallest absolute Gasteiger partial charge is 0.243 e. The lowest BCUT2D eigenvalue weighted by atomic mass is 10.2. The number of thiazole rings is 1. The van der Waals surface area contributed by atoms with Gasteiger partial charge in [-0.15, -0.1) is 22.7 Å². The zero-order valence-corrected chi connectivity index (χ0v) is 16.6. The quantitative estimate of drug-likeness (QED) is 0.663. The van der Waals surface area contributed by atoms with E-state index in [-0.39, 0.29) is 11.4 Å². The number of sulfonamides is 1. The molecule has 0 saturated heterocycles. The van der Waals surface area contributed by atoms with Crippen molar-refractivity contribution in [1.29, 1.82) is 5.26 Å². The van der Waals surface area contributed by atoms with E-state index in [1.54, 1.807) is 11.3 Å². The third kappa shape index (κ3) is 4.40. The summed E-state index contributed by atoms with van der Waals surface area (Å²) < 4.78 is 26.0. The van der Waals surface area contributed by atoms with Gasteiger partial charge in [0.05, 0.1) is 33.6 Å². The summed E-state index contributed by atoms with van der Waals surface area (Å²) in [5.74, 6) is -0.484. The minimum absolute atomic E-state index is 0.0195. The Balaban J connectivity index is 1.65. The van der Waals surface area contributed by atoms with Gasteiger partial charge in [-0.3, -0.25) is 4.79 Å². The normalized spacial score (nSPS) is 11.3. The zero-order chi connectivity index (χ0) is 19.4. The molecule has 0 aliphatic rings. The molecular weight excluding hydrogens is 404 g/mol. The number of nitrogens with zero attached hydrogens (tertiary/aromatic N) is 3. The highest BCUT2D eigenvalue weighted by atomic mass is 32.2. The van der Waals surface area contributed by atoms with Crippen molar-refractivity contribution < 1.29 is 13.2 Å². The van der Waals surface area contributed by atoms with Crippen molar-refractivity contribution in [2.75, 3.05) is 18.9 Å². The molecule has 3 rings (SSSR count). The monoisotopic (exact) mass is 418 g/mol. The van der Waals surface area contributed by atoms with E-state index >= 15 is 0 Å². The molecule has 0 bridgehead atoms. The number of hydrogen-bond acceptors (Lipinski definition) is 7. The zero-order valence-electron chi connectivity index (χ0n) is 14.1. The summed E-state index contributed by atoms with van der Waals surface area (Å²) in [6.45, 7) is -0.351. The van der Waals surface area contributed by atoms with Crippen molar-refractivity contribution in [1.82, 2.24) is 9.29 Å². The molecule has 0 saturated carbocycles. The van der Waals surface area contributed by atoms with Crippen LogP contribution in [-0.2, 0) is 14.8 Å². The van der Waals surface area contributed by atoms with Crippen molar-refractivity contribution in [3.05, 3.63) is 52.7 Å². The largest absolute Gasteiger partial charge is 0.301 e. The average molecular weight is 419 g/mol. The maximum Gasteiger partial charge on any atom is 0.243 e. The highest BCUT2D eigenvalue weighted by Gasteiger charge is 2.23. The number of carbonyl (C=O) groups is 1.